The smallest absolute Gasteiger partial charge is 0.287 e. The first kappa shape index (κ1) is 10.1. The molecular weight excluding hydrogens is 181 g/mol. The summed E-state index contributed by atoms with van der Waals surface area (Å²) in [7, 11) is 0. The van der Waals surface area contributed by atoms with Gasteiger partial charge in [-0.2, -0.15) is 0 Å². The average Bonchev–Trinajstić information content (AvgIpc) is 2.01. The molecule has 13 heavy (non-hydrogen) atoms. The summed E-state index contributed by atoms with van der Waals surface area (Å²) in [5.41, 5.74) is 1.35. The molecule has 1 rings (SSSR count). The van der Waals surface area contributed by atoms with Crippen LogP contribution in [0.5, 0.6) is 0 Å². The van der Waals surface area contributed by atoms with Crippen LogP contribution in [0.4, 0.5) is 13.2 Å². The maximum Gasteiger partial charge on any atom is 0.522 e. The predicted octanol–water partition coefficient (Wildman–Crippen LogP) is 3.03. The van der Waals surface area contributed by atoms with Crippen molar-refractivity contribution in [3.63, 3.8) is 0 Å². The van der Waals surface area contributed by atoms with Gasteiger partial charge in [0.1, 0.15) is 0 Å². The van der Waals surface area contributed by atoms with Gasteiger partial charge in [-0.25, -0.2) is 0 Å². The Morgan fingerprint density at radius 3 is 2.38 bits per heavy atom. The molecule has 0 atom stereocenters. The molecule has 1 aromatic rings. The Morgan fingerprint density at radius 2 is 1.85 bits per heavy atom. The summed E-state index contributed by atoms with van der Waals surface area (Å²) in [6.07, 6.45) is -4.55. The molecule has 0 amide bonds. The lowest BCUT2D eigenvalue weighted by molar-refractivity contribution is -0.330. The van der Waals surface area contributed by atoms with Gasteiger partial charge in [-0.05, 0) is 18.1 Å². The number of hydrogen-bond acceptors (Lipinski definition) is 1. The molecule has 0 aliphatic rings. The standard InChI is InChI=1S/C9H9F3O/c1-7-4-2-3-5-8(7)6-13-9(10,11)12/h2-5H,6H2,1H3. The molecule has 0 radical (unpaired) electrons. The van der Waals surface area contributed by atoms with Crippen LogP contribution in [0.2, 0.25) is 0 Å². The van der Waals surface area contributed by atoms with E-state index < -0.39 is 13.0 Å². The number of aryl methyl sites for hydroxylation is 1. The summed E-state index contributed by atoms with van der Waals surface area (Å²) in [6, 6.07) is 6.81. The van der Waals surface area contributed by atoms with Crippen molar-refractivity contribution in [2.24, 2.45) is 0 Å². The maximum atomic E-state index is 11.7. The molecule has 0 heterocycles. The van der Waals surface area contributed by atoms with Crippen molar-refractivity contribution in [1.29, 1.82) is 0 Å². The minimum Gasteiger partial charge on any atom is -0.287 e. The van der Waals surface area contributed by atoms with Crippen molar-refractivity contribution in [2.75, 3.05) is 0 Å². The van der Waals surface area contributed by atoms with E-state index in [0.29, 0.717) is 5.56 Å². The average molecular weight is 190 g/mol. The molecule has 0 aliphatic heterocycles. The van der Waals surface area contributed by atoms with E-state index in [1.54, 1.807) is 31.2 Å². The van der Waals surface area contributed by atoms with Crippen molar-refractivity contribution in [2.45, 2.75) is 19.9 Å². The van der Waals surface area contributed by atoms with Gasteiger partial charge in [-0.1, -0.05) is 24.3 Å². The van der Waals surface area contributed by atoms with E-state index in [0.717, 1.165) is 5.56 Å². The Bertz CT molecular complexity index is 280. The zero-order valence-electron chi connectivity index (χ0n) is 7.06. The lowest BCUT2D eigenvalue weighted by atomic mass is 10.1. The van der Waals surface area contributed by atoms with Gasteiger partial charge in [0.25, 0.3) is 0 Å². The van der Waals surface area contributed by atoms with E-state index in [2.05, 4.69) is 4.74 Å². The van der Waals surface area contributed by atoms with Crippen molar-refractivity contribution < 1.29 is 17.9 Å². The van der Waals surface area contributed by atoms with Gasteiger partial charge >= 0.3 is 6.36 Å². The Hall–Kier alpha value is -1.03. The van der Waals surface area contributed by atoms with Crippen LogP contribution in [-0.2, 0) is 11.3 Å². The van der Waals surface area contributed by atoms with Crippen LogP contribution in [0.25, 0.3) is 0 Å². The molecule has 1 aromatic carbocycles. The second-order valence-electron chi connectivity index (χ2n) is 2.66. The lowest BCUT2D eigenvalue weighted by Gasteiger charge is -2.08. The van der Waals surface area contributed by atoms with Gasteiger partial charge < -0.3 is 0 Å². The van der Waals surface area contributed by atoms with Gasteiger partial charge in [0.15, 0.2) is 0 Å². The minimum atomic E-state index is -4.55. The first-order valence-corrected chi connectivity index (χ1v) is 3.74. The van der Waals surface area contributed by atoms with Crippen LogP contribution in [0.15, 0.2) is 24.3 Å². The molecule has 0 N–H and O–H groups in total. The topological polar surface area (TPSA) is 9.23 Å². The number of hydrogen-bond donors (Lipinski definition) is 0. The third kappa shape index (κ3) is 3.46. The fraction of sp³-hybridized carbons (Fsp3) is 0.333. The SMILES string of the molecule is Cc1ccccc1COC(F)(F)F. The largest absolute Gasteiger partial charge is 0.522 e. The molecule has 0 unspecified atom stereocenters. The summed E-state index contributed by atoms with van der Waals surface area (Å²) >= 11 is 0. The molecule has 0 spiro atoms. The Morgan fingerprint density at radius 1 is 1.23 bits per heavy atom. The Labute approximate surface area is 74.1 Å². The van der Waals surface area contributed by atoms with Crippen LogP contribution in [0.1, 0.15) is 11.1 Å². The van der Waals surface area contributed by atoms with E-state index >= 15 is 0 Å². The van der Waals surface area contributed by atoms with Crippen LogP contribution in [0.3, 0.4) is 0 Å². The number of alkyl halides is 3. The van der Waals surface area contributed by atoms with E-state index in [4.69, 9.17) is 0 Å². The Balaban J connectivity index is 2.60. The molecule has 1 nitrogen and oxygen atoms in total. The van der Waals surface area contributed by atoms with E-state index in [9.17, 15) is 13.2 Å². The molecule has 0 saturated carbocycles. The Kier molecular flexibility index (Phi) is 2.93. The number of rotatable bonds is 2. The third-order valence-electron chi connectivity index (χ3n) is 1.65. The summed E-state index contributed by atoms with van der Waals surface area (Å²) in [4.78, 5) is 0. The molecule has 0 aromatic heterocycles. The summed E-state index contributed by atoms with van der Waals surface area (Å²) in [6.45, 7) is 1.32. The fourth-order valence-corrected chi connectivity index (χ4v) is 0.932. The summed E-state index contributed by atoms with van der Waals surface area (Å²) in [5, 5.41) is 0. The normalized spacial score (nSPS) is 11.7. The molecule has 0 saturated heterocycles. The fourth-order valence-electron chi connectivity index (χ4n) is 0.932. The predicted molar refractivity (Wildman–Crippen MR) is 42.0 cm³/mol. The number of halogens is 3. The van der Waals surface area contributed by atoms with E-state index in [-0.39, 0.29) is 0 Å². The van der Waals surface area contributed by atoms with Crippen LogP contribution in [-0.4, -0.2) is 6.36 Å². The second kappa shape index (κ2) is 3.79. The maximum absolute atomic E-state index is 11.7. The molecule has 4 heteroatoms. The first-order valence-electron chi connectivity index (χ1n) is 3.74. The molecule has 0 bridgehead atoms. The molecule has 72 valence electrons. The van der Waals surface area contributed by atoms with Gasteiger partial charge in [-0.15, -0.1) is 13.2 Å². The first-order chi connectivity index (χ1) is 5.99. The van der Waals surface area contributed by atoms with Crippen molar-refractivity contribution in [1.82, 2.24) is 0 Å². The highest BCUT2D eigenvalue weighted by molar-refractivity contribution is 5.24. The van der Waals surface area contributed by atoms with Crippen LogP contribution >= 0.6 is 0 Å². The quantitative estimate of drug-likeness (QED) is 0.696. The number of benzene rings is 1. The highest BCUT2D eigenvalue weighted by atomic mass is 19.4. The van der Waals surface area contributed by atoms with Crippen molar-refractivity contribution in [3.05, 3.63) is 35.4 Å². The molecular formula is C9H9F3O. The second-order valence-corrected chi connectivity index (χ2v) is 2.66. The lowest BCUT2D eigenvalue weighted by Crippen LogP contribution is -2.13. The number of ether oxygens (including phenoxy) is 1. The van der Waals surface area contributed by atoms with Crippen molar-refractivity contribution in [3.8, 4) is 0 Å². The van der Waals surface area contributed by atoms with Crippen LogP contribution < -0.4 is 0 Å². The van der Waals surface area contributed by atoms with Gasteiger partial charge in [0.05, 0.1) is 6.61 Å². The van der Waals surface area contributed by atoms with Crippen LogP contribution in [0, 0.1) is 6.92 Å². The summed E-state index contributed by atoms with van der Waals surface area (Å²) < 4.78 is 38.6. The van der Waals surface area contributed by atoms with Gasteiger partial charge in [0, 0.05) is 0 Å². The van der Waals surface area contributed by atoms with Gasteiger partial charge in [0.2, 0.25) is 0 Å². The highest BCUT2D eigenvalue weighted by Gasteiger charge is 2.28. The minimum absolute atomic E-state index is 0.420. The molecule has 0 fully saturated rings. The van der Waals surface area contributed by atoms with E-state index in [1.807, 2.05) is 0 Å². The summed E-state index contributed by atoms with van der Waals surface area (Å²) in [5.74, 6) is 0. The third-order valence-corrected chi connectivity index (χ3v) is 1.65. The highest BCUT2D eigenvalue weighted by Crippen LogP contribution is 2.19. The zero-order chi connectivity index (χ0) is 9.90. The van der Waals surface area contributed by atoms with E-state index in [1.165, 1.54) is 0 Å². The molecule has 0 aliphatic carbocycles. The van der Waals surface area contributed by atoms with Gasteiger partial charge in [-0.3, -0.25) is 4.74 Å². The zero-order valence-corrected chi connectivity index (χ0v) is 7.06. The van der Waals surface area contributed by atoms with Crippen molar-refractivity contribution >= 4 is 0 Å². The monoisotopic (exact) mass is 190 g/mol.